The SMILES string of the molecule is CC(NC(=O)C1(C)CC1(Cl)Cl)c1ccc(-n2ccnc2)cc1. The molecule has 6 heteroatoms. The van der Waals surface area contributed by atoms with Gasteiger partial charge in [-0.25, -0.2) is 4.98 Å². The summed E-state index contributed by atoms with van der Waals surface area (Å²) in [5.74, 6) is -0.108. The van der Waals surface area contributed by atoms with Gasteiger partial charge in [0.25, 0.3) is 0 Å². The van der Waals surface area contributed by atoms with Gasteiger partial charge in [-0.15, -0.1) is 23.2 Å². The Kier molecular flexibility index (Phi) is 3.69. The van der Waals surface area contributed by atoms with Crippen molar-refractivity contribution >= 4 is 29.1 Å². The summed E-state index contributed by atoms with van der Waals surface area (Å²) in [5, 5.41) is 2.98. The average Bonchev–Trinajstić information content (AvgIpc) is 2.87. The number of hydrogen-bond acceptors (Lipinski definition) is 2. The van der Waals surface area contributed by atoms with Crippen LogP contribution in [0.25, 0.3) is 5.69 Å². The Hall–Kier alpha value is -1.52. The highest BCUT2D eigenvalue weighted by atomic mass is 35.5. The van der Waals surface area contributed by atoms with E-state index >= 15 is 0 Å². The molecule has 1 heterocycles. The molecule has 3 rings (SSSR count). The molecule has 1 aromatic heterocycles. The molecular weight excluding hydrogens is 321 g/mol. The summed E-state index contributed by atoms with van der Waals surface area (Å²) in [4.78, 5) is 16.3. The lowest BCUT2D eigenvalue weighted by atomic mass is 10.1. The largest absolute Gasteiger partial charge is 0.349 e. The third-order valence-electron chi connectivity index (χ3n) is 4.30. The molecule has 1 aromatic carbocycles. The van der Waals surface area contributed by atoms with Crippen molar-refractivity contribution < 1.29 is 4.79 Å². The lowest BCUT2D eigenvalue weighted by Gasteiger charge is -2.19. The molecule has 1 aliphatic rings. The van der Waals surface area contributed by atoms with Crippen molar-refractivity contribution in [1.82, 2.24) is 14.9 Å². The zero-order valence-electron chi connectivity index (χ0n) is 12.4. The van der Waals surface area contributed by atoms with Gasteiger partial charge in [0.05, 0.1) is 17.8 Å². The zero-order chi connectivity index (χ0) is 16.0. The molecule has 0 bridgehead atoms. The Balaban J connectivity index is 1.68. The fourth-order valence-corrected chi connectivity index (χ4v) is 3.14. The van der Waals surface area contributed by atoms with Gasteiger partial charge in [0, 0.05) is 18.1 Å². The molecule has 1 N–H and O–H groups in total. The van der Waals surface area contributed by atoms with Crippen LogP contribution in [0.4, 0.5) is 0 Å². The smallest absolute Gasteiger partial charge is 0.229 e. The summed E-state index contributed by atoms with van der Waals surface area (Å²) in [6.45, 7) is 3.73. The molecule has 0 aliphatic heterocycles. The number of aromatic nitrogens is 2. The van der Waals surface area contributed by atoms with Crippen molar-refractivity contribution in [2.45, 2.75) is 30.6 Å². The van der Waals surface area contributed by atoms with Crippen LogP contribution in [-0.2, 0) is 4.79 Å². The third-order valence-corrected chi connectivity index (χ3v) is 5.40. The first kappa shape index (κ1) is 15.4. The molecule has 4 nitrogen and oxygen atoms in total. The maximum Gasteiger partial charge on any atom is 0.229 e. The van der Waals surface area contributed by atoms with E-state index in [2.05, 4.69) is 10.3 Å². The molecule has 0 saturated heterocycles. The Morgan fingerprint density at radius 3 is 2.50 bits per heavy atom. The number of alkyl halides is 2. The lowest BCUT2D eigenvalue weighted by Crippen LogP contribution is -2.35. The van der Waals surface area contributed by atoms with Crippen molar-refractivity contribution in [3.05, 3.63) is 48.5 Å². The molecule has 1 aliphatic carbocycles. The molecule has 116 valence electrons. The fourth-order valence-electron chi connectivity index (χ4n) is 2.43. The van der Waals surface area contributed by atoms with Gasteiger partial charge in [-0.2, -0.15) is 0 Å². The first-order valence-electron chi connectivity index (χ1n) is 7.10. The minimum absolute atomic E-state index is 0.106. The molecule has 1 saturated carbocycles. The number of carbonyl (C=O) groups excluding carboxylic acids is 1. The summed E-state index contributed by atoms with van der Waals surface area (Å²) in [6.07, 6.45) is 5.85. The van der Waals surface area contributed by atoms with E-state index in [-0.39, 0.29) is 11.9 Å². The summed E-state index contributed by atoms with van der Waals surface area (Å²) >= 11 is 12.1. The van der Waals surface area contributed by atoms with Crippen LogP contribution in [0, 0.1) is 5.41 Å². The molecule has 1 fully saturated rings. The van der Waals surface area contributed by atoms with E-state index in [9.17, 15) is 4.79 Å². The number of imidazole rings is 1. The van der Waals surface area contributed by atoms with Crippen molar-refractivity contribution in [3.8, 4) is 5.69 Å². The van der Waals surface area contributed by atoms with Crippen LogP contribution >= 0.6 is 23.2 Å². The van der Waals surface area contributed by atoms with E-state index in [1.165, 1.54) is 0 Å². The van der Waals surface area contributed by atoms with Crippen molar-refractivity contribution in [3.63, 3.8) is 0 Å². The van der Waals surface area contributed by atoms with E-state index in [4.69, 9.17) is 23.2 Å². The monoisotopic (exact) mass is 337 g/mol. The van der Waals surface area contributed by atoms with E-state index in [0.29, 0.717) is 6.42 Å². The summed E-state index contributed by atoms with van der Waals surface area (Å²) in [6, 6.07) is 7.86. The molecule has 22 heavy (non-hydrogen) atoms. The number of benzene rings is 1. The van der Waals surface area contributed by atoms with Crippen molar-refractivity contribution in [1.29, 1.82) is 0 Å². The van der Waals surface area contributed by atoms with Crippen LogP contribution in [0.1, 0.15) is 31.9 Å². The van der Waals surface area contributed by atoms with E-state index < -0.39 is 9.75 Å². The van der Waals surface area contributed by atoms with Crippen LogP contribution in [0.5, 0.6) is 0 Å². The number of halogens is 2. The number of nitrogens with one attached hydrogen (secondary N) is 1. The molecule has 0 radical (unpaired) electrons. The van der Waals surface area contributed by atoms with E-state index in [0.717, 1.165) is 11.3 Å². The first-order valence-corrected chi connectivity index (χ1v) is 7.86. The molecule has 2 aromatic rings. The lowest BCUT2D eigenvalue weighted by molar-refractivity contribution is -0.126. The van der Waals surface area contributed by atoms with Crippen molar-refractivity contribution in [2.75, 3.05) is 0 Å². The van der Waals surface area contributed by atoms with E-state index in [1.807, 2.05) is 42.0 Å². The van der Waals surface area contributed by atoms with Crippen LogP contribution in [0.2, 0.25) is 0 Å². The van der Waals surface area contributed by atoms with Crippen LogP contribution in [0.3, 0.4) is 0 Å². The Labute approximate surface area is 139 Å². The van der Waals surface area contributed by atoms with Crippen LogP contribution in [0.15, 0.2) is 43.0 Å². The Morgan fingerprint density at radius 1 is 1.36 bits per heavy atom. The third kappa shape index (κ3) is 2.61. The summed E-state index contributed by atoms with van der Waals surface area (Å²) in [7, 11) is 0. The Bertz CT molecular complexity index is 682. The number of rotatable bonds is 4. The quantitative estimate of drug-likeness (QED) is 0.866. The van der Waals surface area contributed by atoms with Gasteiger partial charge in [-0.3, -0.25) is 4.79 Å². The second-order valence-corrected chi connectivity index (χ2v) is 7.45. The maximum atomic E-state index is 12.3. The molecular formula is C16H17Cl2N3O. The van der Waals surface area contributed by atoms with Gasteiger partial charge in [-0.05, 0) is 38.0 Å². The Morgan fingerprint density at radius 2 is 2.00 bits per heavy atom. The highest BCUT2D eigenvalue weighted by Crippen LogP contribution is 2.63. The number of amides is 1. The summed E-state index contributed by atoms with van der Waals surface area (Å²) < 4.78 is 0.982. The van der Waals surface area contributed by atoms with Gasteiger partial charge < -0.3 is 9.88 Å². The van der Waals surface area contributed by atoms with Crippen LogP contribution < -0.4 is 5.32 Å². The number of nitrogens with zero attached hydrogens (tertiary/aromatic N) is 2. The zero-order valence-corrected chi connectivity index (χ0v) is 13.9. The highest BCUT2D eigenvalue weighted by Gasteiger charge is 2.67. The van der Waals surface area contributed by atoms with Crippen LogP contribution in [-0.4, -0.2) is 19.8 Å². The fraction of sp³-hybridized carbons (Fsp3) is 0.375. The normalized spacial score (nSPS) is 23.8. The minimum Gasteiger partial charge on any atom is -0.349 e. The topological polar surface area (TPSA) is 46.9 Å². The highest BCUT2D eigenvalue weighted by molar-refractivity contribution is 6.53. The minimum atomic E-state index is -0.942. The number of carbonyl (C=O) groups is 1. The molecule has 2 unspecified atom stereocenters. The molecule has 0 spiro atoms. The van der Waals surface area contributed by atoms with Gasteiger partial charge in [0.1, 0.15) is 4.33 Å². The van der Waals surface area contributed by atoms with Crippen molar-refractivity contribution in [2.24, 2.45) is 5.41 Å². The van der Waals surface area contributed by atoms with Gasteiger partial charge in [-0.1, -0.05) is 12.1 Å². The second-order valence-electron chi connectivity index (χ2n) is 5.97. The van der Waals surface area contributed by atoms with E-state index in [1.54, 1.807) is 19.4 Å². The predicted octanol–water partition coefficient (Wildman–Crippen LogP) is 3.63. The standard InChI is InChI=1S/C16H17Cl2N3O/c1-11(20-14(22)15(2)9-16(15,17)18)12-3-5-13(6-4-12)21-8-7-19-10-21/h3-8,10-11H,9H2,1-2H3,(H,20,22). The summed E-state index contributed by atoms with van der Waals surface area (Å²) in [5.41, 5.74) is 1.35. The average molecular weight is 338 g/mol. The molecule has 1 amide bonds. The van der Waals surface area contributed by atoms with Gasteiger partial charge in [0.15, 0.2) is 0 Å². The molecule has 2 atom stereocenters. The second kappa shape index (κ2) is 5.28. The van der Waals surface area contributed by atoms with Gasteiger partial charge in [0.2, 0.25) is 5.91 Å². The number of hydrogen-bond donors (Lipinski definition) is 1. The maximum absolute atomic E-state index is 12.3. The predicted molar refractivity (Wildman–Crippen MR) is 87.3 cm³/mol. The first-order chi connectivity index (χ1) is 10.3. The van der Waals surface area contributed by atoms with Gasteiger partial charge >= 0.3 is 0 Å².